The average Bonchev–Trinajstić information content (AvgIpc) is 3.25. The van der Waals surface area contributed by atoms with E-state index >= 15 is 0 Å². The normalized spacial score (nSPS) is 16.7. The summed E-state index contributed by atoms with van der Waals surface area (Å²) in [6.45, 7) is 1.34. The first-order valence-electron chi connectivity index (χ1n) is 7.78. The number of ether oxygens (including phenoxy) is 1. The standard InChI is InChI=1S/C16H20N4O3S/c1-23-11-15(21)19-9-12-4-7-18-20(12)14(10-19)16(22)17-6-5-13-3-2-8-24-13/h2-4,7-8,14H,5-6,9-11H2,1H3,(H,17,22). The number of nitrogens with one attached hydrogen (secondary N) is 1. The third-order valence-corrected chi connectivity index (χ3v) is 4.90. The lowest BCUT2D eigenvalue weighted by molar-refractivity contribution is -0.138. The summed E-state index contributed by atoms with van der Waals surface area (Å²) in [4.78, 5) is 27.6. The first-order valence-corrected chi connectivity index (χ1v) is 8.66. The Balaban J connectivity index is 1.64. The van der Waals surface area contributed by atoms with Crippen molar-refractivity contribution in [3.8, 4) is 0 Å². The molecule has 1 unspecified atom stereocenters. The molecule has 0 fully saturated rings. The molecule has 2 aromatic rings. The third kappa shape index (κ3) is 3.65. The van der Waals surface area contributed by atoms with Crippen LogP contribution in [0.2, 0.25) is 0 Å². The van der Waals surface area contributed by atoms with E-state index in [4.69, 9.17) is 4.74 Å². The number of fused-ring (bicyclic) bond motifs is 1. The topological polar surface area (TPSA) is 76.5 Å². The summed E-state index contributed by atoms with van der Waals surface area (Å²) in [6, 6.07) is 5.37. The Kier molecular flexibility index (Phi) is 5.27. The molecule has 0 spiro atoms. The highest BCUT2D eigenvalue weighted by atomic mass is 32.1. The predicted molar refractivity (Wildman–Crippen MR) is 89.6 cm³/mol. The van der Waals surface area contributed by atoms with Crippen LogP contribution in [0.5, 0.6) is 0 Å². The Morgan fingerprint density at radius 3 is 3.08 bits per heavy atom. The molecule has 0 saturated carbocycles. The van der Waals surface area contributed by atoms with E-state index in [1.54, 1.807) is 27.1 Å². The lowest BCUT2D eigenvalue weighted by Gasteiger charge is -2.33. The van der Waals surface area contributed by atoms with Crippen LogP contribution in [0.25, 0.3) is 0 Å². The van der Waals surface area contributed by atoms with Gasteiger partial charge in [0.2, 0.25) is 11.8 Å². The van der Waals surface area contributed by atoms with Crippen LogP contribution in [0.15, 0.2) is 29.8 Å². The third-order valence-electron chi connectivity index (χ3n) is 3.97. The molecule has 0 radical (unpaired) electrons. The molecule has 8 heteroatoms. The van der Waals surface area contributed by atoms with E-state index in [0.717, 1.165) is 12.1 Å². The van der Waals surface area contributed by atoms with Gasteiger partial charge in [0.25, 0.3) is 0 Å². The molecule has 0 saturated heterocycles. The zero-order valence-corrected chi connectivity index (χ0v) is 14.3. The number of amides is 2. The molecule has 1 aliphatic rings. The second-order valence-corrected chi connectivity index (χ2v) is 6.64. The maximum atomic E-state index is 12.6. The van der Waals surface area contributed by atoms with E-state index in [1.807, 2.05) is 23.6 Å². The second kappa shape index (κ2) is 7.59. The quantitative estimate of drug-likeness (QED) is 0.839. The van der Waals surface area contributed by atoms with Crippen LogP contribution in [-0.4, -0.2) is 53.3 Å². The van der Waals surface area contributed by atoms with Crippen molar-refractivity contribution in [2.45, 2.75) is 19.0 Å². The summed E-state index contributed by atoms with van der Waals surface area (Å²) in [5, 5.41) is 9.22. The first-order chi connectivity index (χ1) is 11.7. The van der Waals surface area contributed by atoms with Gasteiger partial charge in [-0.05, 0) is 23.9 Å². The smallest absolute Gasteiger partial charge is 0.248 e. The lowest BCUT2D eigenvalue weighted by Crippen LogP contribution is -2.48. The van der Waals surface area contributed by atoms with Gasteiger partial charge in [-0.15, -0.1) is 11.3 Å². The van der Waals surface area contributed by atoms with Gasteiger partial charge in [0.1, 0.15) is 12.6 Å². The van der Waals surface area contributed by atoms with Crippen LogP contribution >= 0.6 is 11.3 Å². The number of hydrogen-bond donors (Lipinski definition) is 1. The van der Waals surface area contributed by atoms with Gasteiger partial charge in [-0.25, -0.2) is 0 Å². The molecular formula is C16H20N4O3S. The zero-order valence-electron chi connectivity index (χ0n) is 13.5. The number of carbonyl (C=O) groups excluding carboxylic acids is 2. The number of rotatable bonds is 6. The molecule has 0 aromatic carbocycles. The van der Waals surface area contributed by atoms with Crippen LogP contribution < -0.4 is 5.32 Å². The molecule has 1 N–H and O–H groups in total. The summed E-state index contributed by atoms with van der Waals surface area (Å²) >= 11 is 1.67. The van der Waals surface area contributed by atoms with Crippen molar-refractivity contribution in [3.05, 3.63) is 40.3 Å². The number of aromatic nitrogens is 2. The zero-order chi connectivity index (χ0) is 16.9. The summed E-state index contributed by atoms with van der Waals surface area (Å²) < 4.78 is 6.62. The molecule has 1 atom stereocenters. The van der Waals surface area contributed by atoms with E-state index in [9.17, 15) is 9.59 Å². The molecule has 0 aliphatic carbocycles. The maximum Gasteiger partial charge on any atom is 0.248 e. The molecule has 7 nitrogen and oxygen atoms in total. The van der Waals surface area contributed by atoms with Crippen molar-refractivity contribution in [2.75, 3.05) is 26.8 Å². The number of carbonyl (C=O) groups is 2. The number of nitrogens with zero attached hydrogens (tertiary/aromatic N) is 3. The second-order valence-electron chi connectivity index (χ2n) is 5.61. The Hall–Kier alpha value is -2.19. The van der Waals surface area contributed by atoms with Gasteiger partial charge in [0.15, 0.2) is 0 Å². The molecule has 24 heavy (non-hydrogen) atoms. The molecule has 0 bridgehead atoms. The minimum atomic E-state index is -0.507. The van der Waals surface area contributed by atoms with Gasteiger partial charge >= 0.3 is 0 Å². The van der Waals surface area contributed by atoms with Crippen molar-refractivity contribution >= 4 is 23.2 Å². The van der Waals surface area contributed by atoms with Gasteiger partial charge < -0.3 is 15.0 Å². The minimum Gasteiger partial charge on any atom is -0.375 e. The monoisotopic (exact) mass is 348 g/mol. The maximum absolute atomic E-state index is 12.6. The summed E-state index contributed by atoms with van der Waals surface area (Å²) in [6.07, 6.45) is 2.46. The van der Waals surface area contributed by atoms with Crippen molar-refractivity contribution < 1.29 is 14.3 Å². The fourth-order valence-electron chi connectivity index (χ4n) is 2.77. The number of hydrogen-bond acceptors (Lipinski definition) is 5. The molecule has 2 amide bonds. The summed E-state index contributed by atoms with van der Waals surface area (Å²) in [5.74, 6) is -0.243. The highest BCUT2D eigenvalue weighted by Gasteiger charge is 2.32. The van der Waals surface area contributed by atoms with Gasteiger partial charge in [0, 0.05) is 24.7 Å². The highest BCUT2D eigenvalue weighted by Crippen LogP contribution is 2.20. The minimum absolute atomic E-state index is 0.0147. The van der Waals surface area contributed by atoms with Crippen molar-refractivity contribution in [3.63, 3.8) is 0 Å². The fourth-order valence-corrected chi connectivity index (χ4v) is 3.48. The molecule has 3 heterocycles. The van der Waals surface area contributed by atoms with E-state index in [2.05, 4.69) is 10.4 Å². The first kappa shape index (κ1) is 16.7. The Morgan fingerprint density at radius 2 is 2.33 bits per heavy atom. The Bertz CT molecular complexity index is 698. The largest absolute Gasteiger partial charge is 0.375 e. The number of methoxy groups -OCH3 is 1. The summed E-state index contributed by atoms with van der Waals surface area (Å²) in [5.41, 5.74) is 0.851. The lowest BCUT2D eigenvalue weighted by atomic mass is 10.1. The van der Waals surface area contributed by atoms with Crippen LogP contribution in [-0.2, 0) is 27.3 Å². The summed E-state index contributed by atoms with van der Waals surface area (Å²) in [7, 11) is 1.49. The van der Waals surface area contributed by atoms with Gasteiger partial charge in [-0.3, -0.25) is 14.3 Å². The van der Waals surface area contributed by atoms with Crippen molar-refractivity contribution in [1.82, 2.24) is 20.0 Å². The SMILES string of the molecule is COCC(=O)N1Cc2ccnn2C(C(=O)NCCc2cccs2)C1. The van der Waals surface area contributed by atoms with Crippen molar-refractivity contribution in [2.24, 2.45) is 0 Å². The Morgan fingerprint density at radius 1 is 1.46 bits per heavy atom. The number of thiophene rings is 1. The predicted octanol–water partition coefficient (Wildman–Crippen LogP) is 0.833. The molecule has 1 aliphatic heterocycles. The average molecular weight is 348 g/mol. The van der Waals surface area contributed by atoms with Gasteiger partial charge in [0.05, 0.1) is 18.8 Å². The van der Waals surface area contributed by atoms with Gasteiger partial charge in [-0.2, -0.15) is 5.10 Å². The molecule has 2 aromatic heterocycles. The van der Waals surface area contributed by atoms with E-state index in [1.165, 1.54) is 12.0 Å². The van der Waals surface area contributed by atoms with E-state index in [-0.39, 0.29) is 18.4 Å². The Labute approximate surface area is 144 Å². The van der Waals surface area contributed by atoms with Crippen LogP contribution in [0, 0.1) is 0 Å². The highest BCUT2D eigenvalue weighted by molar-refractivity contribution is 7.09. The van der Waals surface area contributed by atoms with E-state index in [0.29, 0.717) is 19.6 Å². The van der Waals surface area contributed by atoms with Gasteiger partial charge in [-0.1, -0.05) is 6.07 Å². The van der Waals surface area contributed by atoms with Crippen LogP contribution in [0.1, 0.15) is 16.6 Å². The van der Waals surface area contributed by atoms with Crippen molar-refractivity contribution in [1.29, 1.82) is 0 Å². The molecule has 128 valence electrons. The fraction of sp³-hybridized carbons (Fsp3) is 0.438. The molecular weight excluding hydrogens is 328 g/mol. The van der Waals surface area contributed by atoms with Crippen LogP contribution in [0.4, 0.5) is 0 Å². The molecule has 3 rings (SSSR count). The van der Waals surface area contributed by atoms with Crippen LogP contribution in [0.3, 0.4) is 0 Å². The van der Waals surface area contributed by atoms with E-state index < -0.39 is 6.04 Å².